The highest BCUT2D eigenvalue weighted by molar-refractivity contribution is 5.09. The Morgan fingerprint density at radius 2 is 2.09 bits per heavy atom. The summed E-state index contributed by atoms with van der Waals surface area (Å²) < 4.78 is 5.24. The molecule has 2 nitrogen and oxygen atoms in total. The molecule has 5 atom stereocenters. The van der Waals surface area contributed by atoms with Gasteiger partial charge in [0.15, 0.2) is 0 Å². The summed E-state index contributed by atoms with van der Waals surface area (Å²) in [5.74, 6) is 2.03. The normalized spacial score (nSPS) is 42.1. The first-order chi connectivity index (χ1) is 10.5. The molecule has 2 aliphatic carbocycles. The van der Waals surface area contributed by atoms with E-state index in [1.807, 2.05) is 6.26 Å². The molecule has 0 saturated heterocycles. The van der Waals surface area contributed by atoms with Crippen LogP contribution in [0, 0.1) is 28.6 Å². The molecule has 22 heavy (non-hydrogen) atoms. The van der Waals surface area contributed by atoms with Crippen molar-refractivity contribution in [2.45, 2.75) is 65.7 Å². The summed E-state index contributed by atoms with van der Waals surface area (Å²) in [5, 5.41) is 9.90. The van der Waals surface area contributed by atoms with Crippen LogP contribution in [0.25, 0.3) is 0 Å². The van der Waals surface area contributed by atoms with Crippen LogP contribution >= 0.6 is 0 Å². The van der Waals surface area contributed by atoms with Crippen molar-refractivity contribution in [1.29, 1.82) is 0 Å². The second-order valence-corrected chi connectivity index (χ2v) is 8.45. The van der Waals surface area contributed by atoms with Crippen molar-refractivity contribution in [2.24, 2.45) is 28.6 Å². The first-order valence-corrected chi connectivity index (χ1v) is 9.12. The lowest BCUT2D eigenvalue weighted by atomic mass is 9.44. The largest absolute Gasteiger partial charge is 0.472 e. The maximum absolute atomic E-state index is 9.90. The van der Waals surface area contributed by atoms with Crippen molar-refractivity contribution < 1.29 is 9.52 Å². The van der Waals surface area contributed by atoms with Gasteiger partial charge in [0.05, 0.1) is 12.5 Å². The third kappa shape index (κ3) is 2.54. The number of rotatable bonds is 4. The summed E-state index contributed by atoms with van der Waals surface area (Å²) in [6, 6.07) is 2.10. The van der Waals surface area contributed by atoms with Crippen molar-refractivity contribution in [3.8, 4) is 0 Å². The van der Waals surface area contributed by atoms with E-state index in [1.165, 1.54) is 44.1 Å². The first-order valence-electron chi connectivity index (χ1n) is 9.12. The standard InChI is InChI=1S/C20H32O2/c1-15-7-10-20(3)17(13-21)5-4-6-18(20)19(15,2)11-8-16-9-12-22-14-16/h9,12,14-15,17-18,21H,4-8,10-11,13H2,1-3H3/t15-,17-,18-,19+,20+/m0/s1. The van der Waals surface area contributed by atoms with Crippen LogP contribution in [-0.4, -0.2) is 11.7 Å². The number of fused-ring (bicyclic) bond motifs is 1. The Hall–Kier alpha value is -0.760. The molecule has 2 fully saturated rings. The van der Waals surface area contributed by atoms with Gasteiger partial charge >= 0.3 is 0 Å². The lowest BCUT2D eigenvalue weighted by Crippen LogP contribution is -2.53. The molecule has 0 amide bonds. The highest BCUT2D eigenvalue weighted by atomic mass is 16.3. The molecule has 0 aliphatic heterocycles. The number of aliphatic hydroxyl groups excluding tert-OH is 1. The number of aliphatic hydroxyl groups is 1. The third-order valence-corrected chi connectivity index (χ3v) is 7.56. The van der Waals surface area contributed by atoms with Gasteiger partial charge in [-0.25, -0.2) is 0 Å². The van der Waals surface area contributed by atoms with Gasteiger partial charge in [-0.05, 0) is 78.7 Å². The van der Waals surface area contributed by atoms with Gasteiger partial charge in [-0.1, -0.05) is 27.2 Å². The SMILES string of the molecule is C[C@H]1CC[C@]2(C)[C@H](CO)CCC[C@H]2[C@]1(C)CCc1ccoc1. The van der Waals surface area contributed by atoms with Crippen LogP contribution in [0.2, 0.25) is 0 Å². The maximum atomic E-state index is 9.90. The van der Waals surface area contributed by atoms with Gasteiger partial charge < -0.3 is 9.52 Å². The van der Waals surface area contributed by atoms with Crippen molar-refractivity contribution >= 4 is 0 Å². The van der Waals surface area contributed by atoms with Gasteiger partial charge in [0, 0.05) is 6.61 Å². The highest BCUT2D eigenvalue weighted by Gasteiger charge is 2.55. The molecular weight excluding hydrogens is 272 g/mol. The minimum Gasteiger partial charge on any atom is -0.472 e. The fraction of sp³-hybridized carbons (Fsp3) is 0.800. The molecule has 0 bridgehead atoms. The van der Waals surface area contributed by atoms with Crippen LogP contribution in [0.4, 0.5) is 0 Å². The van der Waals surface area contributed by atoms with Crippen molar-refractivity contribution in [1.82, 2.24) is 0 Å². The first kappa shape index (κ1) is 16.1. The summed E-state index contributed by atoms with van der Waals surface area (Å²) in [6.07, 6.45) is 12.5. The van der Waals surface area contributed by atoms with E-state index >= 15 is 0 Å². The number of furan rings is 1. The predicted molar refractivity (Wildman–Crippen MR) is 89.6 cm³/mol. The van der Waals surface area contributed by atoms with Crippen molar-refractivity contribution in [3.05, 3.63) is 24.2 Å². The van der Waals surface area contributed by atoms with Gasteiger partial charge in [0.25, 0.3) is 0 Å². The molecule has 2 saturated carbocycles. The summed E-state index contributed by atoms with van der Waals surface area (Å²) in [7, 11) is 0. The number of aryl methyl sites for hydroxylation is 1. The lowest BCUT2D eigenvalue weighted by Gasteiger charge is -2.60. The fourth-order valence-electron chi connectivity index (χ4n) is 5.74. The Labute approximate surface area is 135 Å². The molecule has 2 aliphatic rings. The van der Waals surface area contributed by atoms with Gasteiger partial charge in [-0.3, -0.25) is 0 Å². The van der Waals surface area contributed by atoms with Crippen molar-refractivity contribution in [2.75, 3.05) is 6.61 Å². The Balaban J connectivity index is 1.83. The van der Waals surface area contributed by atoms with Crippen LogP contribution < -0.4 is 0 Å². The third-order valence-electron chi connectivity index (χ3n) is 7.56. The highest BCUT2D eigenvalue weighted by Crippen LogP contribution is 2.62. The van der Waals surface area contributed by atoms with E-state index in [4.69, 9.17) is 4.42 Å². The van der Waals surface area contributed by atoms with E-state index < -0.39 is 0 Å². The smallest absolute Gasteiger partial charge is 0.0934 e. The average Bonchev–Trinajstić information content (AvgIpc) is 3.03. The Morgan fingerprint density at radius 1 is 1.27 bits per heavy atom. The molecule has 1 aromatic heterocycles. The summed E-state index contributed by atoms with van der Waals surface area (Å²) in [6.45, 7) is 7.83. The minimum absolute atomic E-state index is 0.338. The molecule has 1 aromatic rings. The molecule has 0 aromatic carbocycles. The molecule has 0 unspecified atom stereocenters. The molecule has 0 radical (unpaired) electrons. The second-order valence-electron chi connectivity index (χ2n) is 8.45. The van der Waals surface area contributed by atoms with E-state index in [2.05, 4.69) is 26.8 Å². The zero-order chi connectivity index (χ0) is 15.8. The zero-order valence-electron chi connectivity index (χ0n) is 14.5. The van der Waals surface area contributed by atoms with E-state index in [0.29, 0.717) is 23.4 Å². The molecule has 124 valence electrons. The molecule has 2 heteroatoms. The van der Waals surface area contributed by atoms with Crippen LogP contribution in [-0.2, 0) is 6.42 Å². The summed E-state index contributed by atoms with van der Waals surface area (Å²) in [4.78, 5) is 0. The Morgan fingerprint density at radius 3 is 2.77 bits per heavy atom. The second kappa shape index (κ2) is 6.03. The fourth-order valence-corrected chi connectivity index (χ4v) is 5.74. The number of hydrogen-bond donors (Lipinski definition) is 1. The van der Waals surface area contributed by atoms with Crippen LogP contribution in [0.5, 0.6) is 0 Å². The van der Waals surface area contributed by atoms with E-state index in [1.54, 1.807) is 6.26 Å². The van der Waals surface area contributed by atoms with Gasteiger partial charge in [-0.15, -0.1) is 0 Å². The molecule has 3 rings (SSSR count). The Kier molecular flexibility index (Phi) is 4.42. The van der Waals surface area contributed by atoms with E-state index in [9.17, 15) is 5.11 Å². The van der Waals surface area contributed by atoms with Crippen LogP contribution in [0.15, 0.2) is 23.0 Å². The van der Waals surface area contributed by atoms with Crippen LogP contribution in [0.1, 0.15) is 64.9 Å². The van der Waals surface area contributed by atoms with Crippen LogP contribution in [0.3, 0.4) is 0 Å². The van der Waals surface area contributed by atoms with E-state index in [0.717, 1.165) is 18.3 Å². The molecule has 1 N–H and O–H groups in total. The lowest BCUT2D eigenvalue weighted by molar-refractivity contribution is -0.122. The Bertz CT molecular complexity index is 480. The monoisotopic (exact) mass is 304 g/mol. The maximum Gasteiger partial charge on any atom is 0.0934 e. The quantitative estimate of drug-likeness (QED) is 0.843. The summed E-state index contributed by atoms with van der Waals surface area (Å²) >= 11 is 0. The van der Waals surface area contributed by atoms with E-state index in [-0.39, 0.29) is 0 Å². The van der Waals surface area contributed by atoms with Gasteiger partial charge in [-0.2, -0.15) is 0 Å². The summed E-state index contributed by atoms with van der Waals surface area (Å²) in [5.41, 5.74) is 2.05. The predicted octanol–water partition coefficient (Wildman–Crippen LogP) is 5.06. The molecule has 0 spiro atoms. The molecule has 1 heterocycles. The van der Waals surface area contributed by atoms with Crippen molar-refractivity contribution in [3.63, 3.8) is 0 Å². The molecular formula is C20H32O2. The average molecular weight is 304 g/mol. The van der Waals surface area contributed by atoms with Gasteiger partial charge in [0.2, 0.25) is 0 Å². The zero-order valence-corrected chi connectivity index (χ0v) is 14.5. The minimum atomic E-state index is 0.338. The topological polar surface area (TPSA) is 33.4 Å². The van der Waals surface area contributed by atoms with Gasteiger partial charge in [0.1, 0.15) is 0 Å². The number of hydrogen-bond acceptors (Lipinski definition) is 2.